The smallest absolute Gasteiger partial charge is 0.386 e. The lowest BCUT2D eigenvalue weighted by Crippen LogP contribution is -2.39. The van der Waals surface area contributed by atoms with E-state index in [0.717, 1.165) is 58.4 Å². The van der Waals surface area contributed by atoms with Crippen LogP contribution >= 0.6 is 24.0 Å². The Balaban J connectivity index is 0.00000520. The third kappa shape index (κ3) is 8.06. The van der Waals surface area contributed by atoms with Crippen LogP contribution in [0, 0.1) is 13.8 Å². The lowest BCUT2D eigenvalue weighted by atomic mass is 9.83. The lowest BCUT2D eigenvalue weighted by Gasteiger charge is -2.33. The Morgan fingerprint density at radius 3 is 2.62 bits per heavy atom. The Morgan fingerprint density at radius 2 is 1.90 bits per heavy atom. The van der Waals surface area contributed by atoms with Gasteiger partial charge in [0.05, 0.1) is 24.6 Å². The summed E-state index contributed by atoms with van der Waals surface area (Å²) in [5.74, 6) is 0.103. The maximum atomic E-state index is 13.3. The molecule has 2 atom stereocenters. The molecule has 2 heterocycles. The zero-order valence-electron chi connectivity index (χ0n) is 27.8. The molecule has 0 spiro atoms. The molecule has 0 radical (unpaired) electrons. The topological polar surface area (TPSA) is 127 Å². The SMILES string of the molecule is CCOC(=O)CC(c1ccc(C)c([C@@H](C)N2Cc3cc(O)ccc3OS2(=O)=O)c1)c1ccc2c(nnn2CCCN(C)CCCl)c1C.Cl. The molecule has 1 aliphatic heterocycles. The van der Waals surface area contributed by atoms with Gasteiger partial charge in [0.2, 0.25) is 0 Å². The number of halogens is 2. The molecule has 1 aliphatic rings. The number of ether oxygens (including phenoxy) is 1. The molecule has 0 amide bonds. The number of fused-ring (bicyclic) bond motifs is 2. The molecular formula is C34H43Cl2N5O6S. The van der Waals surface area contributed by atoms with Gasteiger partial charge in [0, 0.05) is 37.0 Å². The molecule has 1 aromatic heterocycles. The summed E-state index contributed by atoms with van der Waals surface area (Å²) in [6, 6.07) is 13.7. The van der Waals surface area contributed by atoms with E-state index in [0.29, 0.717) is 18.0 Å². The summed E-state index contributed by atoms with van der Waals surface area (Å²) in [5, 5.41) is 19.0. The van der Waals surface area contributed by atoms with Crippen molar-refractivity contribution in [1.82, 2.24) is 24.2 Å². The number of alkyl halides is 1. The Kier molecular flexibility index (Phi) is 12.4. The second-order valence-electron chi connectivity index (χ2n) is 12.0. The Labute approximate surface area is 293 Å². The zero-order chi connectivity index (χ0) is 33.9. The maximum Gasteiger partial charge on any atom is 0.386 e. The maximum absolute atomic E-state index is 13.3. The minimum atomic E-state index is -4.12. The molecule has 0 saturated carbocycles. The summed E-state index contributed by atoms with van der Waals surface area (Å²) in [6.07, 6.45) is 0.989. The summed E-state index contributed by atoms with van der Waals surface area (Å²) in [6.45, 7) is 10.2. The third-order valence-electron chi connectivity index (χ3n) is 8.85. The van der Waals surface area contributed by atoms with E-state index in [-0.39, 0.29) is 55.4 Å². The van der Waals surface area contributed by atoms with Crippen molar-refractivity contribution in [2.24, 2.45) is 0 Å². The van der Waals surface area contributed by atoms with Gasteiger partial charge < -0.3 is 18.9 Å². The number of aromatic nitrogens is 3. The molecule has 260 valence electrons. The molecule has 0 aliphatic carbocycles. The van der Waals surface area contributed by atoms with Gasteiger partial charge in [-0.05, 0) is 99.8 Å². The van der Waals surface area contributed by atoms with Crippen molar-refractivity contribution >= 4 is 51.3 Å². The average Bonchev–Trinajstić information content (AvgIpc) is 3.44. The molecule has 1 N–H and O–H groups in total. The van der Waals surface area contributed by atoms with Crippen LogP contribution in [0.4, 0.5) is 0 Å². The predicted molar refractivity (Wildman–Crippen MR) is 188 cm³/mol. The van der Waals surface area contributed by atoms with Crippen LogP contribution in [0.15, 0.2) is 48.5 Å². The van der Waals surface area contributed by atoms with Gasteiger partial charge in [-0.25, -0.2) is 4.68 Å². The number of rotatable bonds is 13. The molecule has 0 bridgehead atoms. The van der Waals surface area contributed by atoms with E-state index >= 15 is 0 Å². The number of aromatic hydroxyl groups is 1. The summed E-state index contributed by atoms with van der Waals surface area (Å²) >= 11 is 5.87. The van der Waals surface area contributed by atoms with Gasteiger partial charge >= 0.3 is 16.3 Å². The van der Waals surface area contributed by atoms with Crippen molar-refractivity contribution in [3.05, 3.63) is 81.9 Å². The van der Waals surface area contributed by atoms with Gasteiger partial charge in [-0.2, -0.15) is 12.7 Å². The van der Waals surface area contributed by atoms with E-state index in [4.69, 9.17) is 20.5 Å². The highest BCUT2D eigenvalue weighted by Crippen LogP contribution is 2.39. The first-order chi connectivity index (χ1) is 22.4. The first kappa shape index (κ1) is 37.4. The van der Waals surface area contributed by atoms with Gasteiger partial charge in [0.15, 0.2) is 0 Å². The quantitative estimate of drug-likeness (QED) is 0.130. The summed E-state index contributed by atoms with van der Waals surface area (Å²) in [7, 11) is -2.07. The number of carbonyl (C=O) groups is 1. The second-order valence-corrected chi connectivity index (χ2v) is 13.9. The van der Waals surface area contributed by atoms with E-state index in [9.17, 15) is 18.3 Å². The van der Waals surface area contributed by atoms with Crippen LogP contribution in [0.1, 0.15) is 72.0 Å². The van der Waals surface area contributed by atoms with Gasteiger partial charge in [0.1, 0.15) is 17.0 Å². The fourth-order valence-electron chi connectivity index (χ4n) is 6.26. The minimum Gasteiger partial charge on any atom is -0.508 e. The van der Waals surface area contributed by atoms with E-state index < -0.39 is 16.3 Å². The first-order valence-corrected chi connectivity index (χ1v) is 17.7. The van der Waals surface area contributed by atoms with Crippen LogP contribution in [0.5, 0.6) is 11.5 Å². The van der Waals surface area contributed by atoms with Crippen molar-refractivity contribution in [3.63, 3.8) is 0 Å². The predicted octanol–water partition coefficient (Wildman–Crippen LogP) is 6.02. The van der Waals surface area contributed by atoms with Gasteiger partial charge in [0.25, 0.3) is 0 Å². The third-order valence-corrected chi connectivity index (χ3v) is 10.4. The van der Waals surface area contributed by atoms with Crippen LogP contribution in [0.2, 0.25) is 0 Å². The number of phenolic OH excluding ortho intramolecular Hbond substituents is 1. The molecule has 0 fully saturated rings. The summed E-state index contributed by atoms with van der Waals surface area (Å²) in [5.41, 5.74) is 6.60. The van der Waals surface area contributed by atoms with Crippen molar-refractivity contribution in [2.45, 2.75) is 65.6 Å². The fraction of sp³-hybridized carbons (Fsp3) is 0.441. The number of carbonyl (C=O) groups excluding carboxylic acids is 1. The molecule has 1 unspecified atom stereocenters. The molecule has 3 aromatic carbocycles. The molecular weight excluding hydrogens is 677 g/mol. The number of esters is 1. The van der Waals surface area contributed by atoms with Crippen LogP contribution in [0.3, 0.4) is 0 Å². The Hall–Kier alpha value is -3.42. The number of nitrogens with zero attached hydrogens (tertiary/aromatic N) is 5. The fourth-order valence-corrected chi connectivity index (χ4v) is 7.83. The van der Waals surface area contributed by atoms with Crippen LogP contribution in [-0.4, -0.2) is 76.3 Å². The molecule has 5 rings (SSSR count). The first-order valence-electron chi connectivity index (χ1n) is 15.8. The van der Waals surface area contributed by atoms with Gasteiger partial charge in [-0.1, -0.05) is 29.5 Å². The van der Waals surface area contributed by atoms with Crippen LogP contribution in [-0.2, 0) is 32.9 Å². The number of hydrogen-bond donors (Lipinski definition) is 1. The van der Waals surface area contributed by atoms with Crippen molar-refractivity contribution < 1.29 is 27.2 Å². The Bertz CT molecular complexity index is 1870. The van der Waals surface area contributed by atoms with Crippen molar-refractivity contribution in [2.75, 3.05) is 32.6 Å². The number of aryl methyl sites for hydroxylation is 3. The summed E-state index contributed by atoms with van der Waals surface area (Å²) < 4.78 is 40.5. The van der Waals surface area contributed by atoms with Crippen LogP contribution in [0.25, 0.3) is 11.0 Å². The molecule has 48 heavy (non-hydrogen) atoms. The van der Waals surface area contributed by atoms with Crippen molar-refractivity contribution in [1.29, 1.82) is 0 Å². The molecule has 14 heteroatoms. The summed E-state index contributed by atoms with van der Waals surface area (Å²) in [4.78, 5) is 15.2. The minimum absolute atomic E-state index is 0. The largest absolute Gasteiger partial charge is 0.508 e. The molecule has 0 saturated heterocycles. The number of phenols is 1. The molecule has 11 nitrogen and oxygen atoms in total. The van der Waals surface area contributed by atoms with Crippen LogP contribution < -0.4 is 4.18 Å². The second kappa shape index (κ2) is 15.9. The van der Waals surface area contributed by atoms with Gasteiger partial charge in [-0.3, -0.25) is 4.79 Å². The van der Waals surface area contributed by atoms with E-state index in [2.05, 4.69) is 15.2 Å². The highest BCUT2D eigenvalue weighted by atomic mass is 35.5. The van der Waals surface area contributed by atoms with E-state index in [1.807, 2.05) is 62.8 Å². The number of benzene rings is 3. The standard InChI is InChI=1S/C34H42ClN5O6S.ClH/c1-6-45-33(42)20-30(28-11-12-31-34(23(28)3)36-37-39(31)16-7-15-38(5)17-14-35)25-9-8-22(2)29(19-25)24(4)40-21-26-18-27(41)10-13-32(26)46-47(40,43)44;/h8-13,18-19,24,30,41H,6-7,14-17,20-21H2,1-5H3;1H/t24-,30?;/m1./s1. The highest BCUT2D eigenvalue weighted by molar-refractivity contribution is 7.84. The number of hydrogen-bond acceptors (Lipinski definition) is 9. The zero-order valence-corrected chi connectivity index (χ0v) is 30.2. The lowest BCUT2D eigenvalue weighted by molar-refractivity contribution is -0.143. The average molecular weight is 721 g/mol. The Morgan fingerprint density at radius 1 is 1.12 bits per heavy atom. The van der Waals surface area contributed by atoms with E-state index in [1.54, 1.807) is 6.92 Å². The molecule has 4 aromatic rings. The van der Waals surface area contributed by atoms with E-state index in [1.165, 1.54) is 22.5 Å². The highest BCUT2D eigenvalue weighted by Gasteiger charge is 2.37. The van der Waals surface area contributed by atoms with Crippen molar-refractivity contribution in [3.8, 4) is 11.5 Å². The normalized spacial score (nSPS) is 15.4. The monoisotopic (exact) mass is 719 g/mol. The van der Waals surface area contributed by atoms with Gasteiger partial charge in [-0.15, -0.1) is 29.1 Å².